The van der Waals surface area contributed by atoms with Gasteiger partial charge in [0.1, 0.15) is 17.9 Å². The lowest BCUT2D eigenvalue weighted by Crippen LogP contribution is -2.50. The number of aliphatic carboxylic acids is 1. The van der Waals surface area contributed by atoms with Crippen molar-refractivity contribution in [1.82, 2.24) is 4.90 Å². The molecule has 1 aliphatic rings. The molecule has 1 fully saturated rings. The Labute approximate surface area is 113 Å². The van der Waals surface area contributed by atoms with Crippen LogP contribution in [0.5, 0.6) is 5.75 Å². The fraction of sp³-hybridized carbons (Fsp3) is 0.500. The number of nitrogens with two attached hydrogens (primary N) is 1. The zero-order valence-corrected chi connectivity index (χ0v) is 11.1. The molecule has 0 aromatic heterocycles. The summed E-state index contributed by atoms with van der Waals surface area (Å²) >= 11 is 0. The molecule has 19 heavy (non-hydrogen) atoms. The summed E-state index contributed by atoms with van der Waals surface area (Å²) in [6, 6.07) is 7.87. The summed E-state index contributed by atoms with van der Waals surface area (Å²) in [5, 5.41) is 9.04. The predicted octanol–water partition coefficient (Wildman–Crippen LogP) is 0.862. The summed E-state index contributed by atoms with van der Waals surface area (Å²) in [6.07, 6.45) is 0.493. The standard InChI is InChI=1S/C14H20N2O3/c1-11-2-4-12(5-3-11)19-9-8-16-7-6-14(15,10-16)13(17)18/h2-5H,6-10,15H2,1H3,(H,17,18). The van der Waals surface area contributed by atoms with E-state index in [1.54, 1.807) is 0 Å². The normalized spacial score (nSPS) is 23.5. The zero-order chi connectivity index (χ0) is 13.9. The smallest absolute Gasteiger partial charge is 0.325 e. The second-order valence-electron chi connectivity index (χ2n) is 5.15. The lowest BCUT2D eigenvalue weighted by Gasteiger charge is -2.20. The summed E-state index contributed by atoms with van der Waals surface area (Å²) in [4.78, 5) is 13.0. The molecule has 1 unspecified atom stereocenters. The van der Waals surface area contributed by atoms with Crippen LogP contribution in [0.1, 0.15) is 12.0 Å². The Balaban J connectivity index is 1.75. The van der Waals surface area contributed by atoms with Gasteiger partial charge in [-0.1, -0.05) is 17.7 Å². The number of aryl methyl sites for hydroxylation is 1. The molecule has 1 aliphatic heterocycles. The molecule has 0 aliphatic carbocycles. The molecule has 1 atom stereocenters. The van der Waals surface area contributed by atoms with Gasteiger partial charge in [0, 0.05) is 19.6 Å². The number of nitrogens with zero attached hydrogens (tertiary/aromatic N) is 1. The molecule has 5 heteroatoms. The molecule has 0 spiro atoms. The summed E-state index contributed by atoms with van der Waals surface area (Å²) < 4.78 is 5.62. The van der Waals surface area contributed by atoms with Crippen LogP contribution in [0.3, 0.4) is 0 Å². The van der Waals surface area contributed by atoms with Gasteiger partial charge in [0.05, 0.1) is 0 Å². The molecule has 104 valence electrons. The minimum atomic E-state index is -1.09. The quantitative estimate of drug-likeness (QED) is 0.825. The average Bonchev–Trinajstić information content (AvgIpc) is 2.75. The van der Waals surface area contributed by atoms with Crippen molar-refractivity contribution in [3.05, 3.63) is 29.8 Å². The molecule has 1 heterocycles. The number of hydrogen-bond donors (Lipinski definition) is 2. The van der Waals surface area contributed by atoms with Crippen molar-refractivity contribution in [2.75, 3.05) is 26.2 Å². The molecule has 3 N–H and O–H groups in total. The monoisotopic (exact) mass is 264 g/mol. The third kappa shape index (κ3) is 3.45. The Morgan fingerprint density at radius 1 is 1.47 bits per heavy atom. The Bertz CT molecular complexity index is 447. The van der Waals surface area contributed by atoms with Gasteiger partial charge in [0.25, 0.3) is 0 Å². The number of carboxylic acid groups (broad SMARTS) is 1. The van der Waals surface area contributed by atoms with Crippen molar-refractivity contribution in [2.24, 2.45) is 5.73 Å². The van der Waals surface area contributed by atoms with Gasteiger partial charge in [-0.3, -0.25) is 9.69 Å². The van der Waals surface area contributed by atoms with Crippen LogP contribution in [0.4, 0.5) is 0 Å². The summed E-state index contributed by atoms with van der Waals surface area (Å²) in [7, 11) is 0. The molecule has 0 bridgehead atoms. The maximum absolute atomic E-state index is 11.0. The Morgan fingerprint density at radius 3 is 2.74 bits per heavy atom. The first kappa shape index (κ1) is 13.8. The second kappa shape index (κ2) is 5.59. The van der Waals surface area contributed by atoms with Crippen molar-refractivity contribution in [2.45, 2.75) is 18.9 Å². The average molecular weight is 264 g/mol. The molecule has 0 radical (unpaired) electrons. The molecule has 0 saturated carbocycles. The van der Waals surface area contributed by atoms with Crippen molar-refractivity contribution >= 4 is 5.97 Å². The van der Waals surface area contributed by atoms with E-state index in [0.717, 1.165) is 5.75 Å². The van der Waals surface area contributed by atoms with Crippen molar-refractivity contribution < 1.29 is 14.6 Å². The van der Waals surface area contributed by atoms with Gasteiger partial charge >= 0.3 is 5.97 Å². The highest BCUT2D eigenvalue weighted by atomic mass is 16.5. The molecule has 2 rings (SSSR count). The van der Waals surface area contributed by atoms with Gasteiger partial charge in [-0.2, -0.15) is 0 Å². The fourth-order valence-corrected chi connectivity index (χ4v) is 2.21. The maximum Gasteiger partial charge on any atom is 0.325 e. The van der Waals surface area contributed by atoms with Crippen LogP contribution in [-0.4, -0.2) is 47.8 Å². The molecular weight excluding hydrogens is 244 g/mol. The van der Waals surface area contributed by atoms with Gasteiger partial charge in [0.15, 0.2) is 0 Å². The fourth-order valence-electron chi connectivity index (χ4n) is 2.21. The van der Waals surface area contributed by atoms with E-state index in [-0.39, 0.29) is 0 Å². The minimum absolute atomic E-state index is 0.388. The highest BCUT2D eigenvalue weighted by molar-refractivity contribution is 5.79. The Morgan fingerprint density at radius 2 is 2.16 bits per heavy atom. The van der Waals surface area contributed by atoms with Crippen LogP contribution in [0.15, 0.2) is 24.3 Å². The number of ether oxygens (including phenoxy) is 1. The highest BCUT2D eigenvalue weighted by Gasteiger charge is 2.40. The third-order valence-corrected chi connectivity index (χ3v) is 3.50. The number of carboxylic acids is 1. The molecular formula is C14H20N2O3. The van der Waals surface area contributed by atoms with Crippen LogP contribution in [-0.2, 0) is 4.79 Å². The minimum Gasteiger partial charge on any atom is -0.492 e. The lowest BCUT2D eigenvalue weighted by molar-refractivity contribution is -0.142. The van der Waals surface area contributed by atoms with Gasteiger partial charge in [-0.25, -0.2) is 0 Å². The second-order valence-corrected chi connectivity index (χ2v) is 5.15. The first-order valence-electron chi connectivity index (χ1n) is 6.44. The first-order chi connectivity index (χ1) is 8.99. The largest absolute Gasteiger partial charge is 0.492 e. The number of likely N-dealkylation sites (tertiary alicyclic amines) is 1. The van der Waals surface area contributed by atoms with E-state index in [2.05, 4.69) is 0 Å². The molecule has 1 aromatic carbocycles. The number of benzene rings is 1. The maximum atomic E-state index is 11.0. The first-order valence-corrected chi connectivity index (χ1v) is 6.44. The molecule has 1 saturated heterocycles. The van der Waals surface area contributed by atoms with Crippen LogP contribution in [0.25, 0.3) is 0 Å². The van der Waals surface area contributed by atoms with Gasteiger partial charge in [-0.05, 0) is 25.5 Å². The third-order valence-electron chi connectivity index (χ3n) is 3.50. The van der Waals surface area contributed by atoms with E-state index in [1.807, 2.05) is 36.1 Å². The van der Waals surface area contributed by atoms with Gasteiger partial charge < -0.3 is 15.6 Å². The van der Waals surface area contributed by atoms with E-state index in [4.69, 9.17) is 15.6 Å². The summed E-state index contributed by atoms with van der Waals surface area (Å²) in [5.41, 5.74) is 5.91. The molecule has 5 nitrogen and oxygen atoms in total. The highest BCUT2D eigenvalue weighted by Crippen LogP contribution is 2.19. The Kier molecular flexibility index (Phi) is 4.07. The van der Waals surface area contributed by atoms with Gasteiger partial charge in [0.2, 0.25) is 0 Å². The van der Waals surface area contributed by atoms with Gasteiger partial charge in [-0.15, -0.1) is 0 Å². The number of carbonyl (C=O) groups is 1. The zero-order valence-electron chi connectivity index (χ0n) is 11.1. The van der Waals surface area contributed by atoms with Crippen LogP contribution in [0, 0.1) is 6.92 Å². The van der Waals surface area contributed by atoms with Crippen LogP contribution < -0.4 is 10.5 Å². The van der Waals surface area contributed by atoms with Crippen molar-refractivity contribution in [1.29, 1.82) is 0 Å². The summed E-state index contributed by atoms with van der Waals surface area (Å²) in [5.74, 6) is -0.0866. The van der Waals surface area contributed by atoms with Crippen molar-refractivity contribution in [3.63, 3.8) is 0 Å². The molecule has 0 amide bonds. The predicted molar refractivity (Wildman–Crippen MR) is 72.3 cm³/mol. The molecule has 1 aromatic rings. The topological polar surface area (TPSA) is 75.8 Å². The van der Waals surface area contributed by atoms with E-state index in [9.17, 15) is 4.79 Å². The number of rotatable bonds is 5. The van der Waals surface area contributed by atoms with Crippen LogP contribution >= 0.6 is 0 Å². The van der Waals surface area contributed by atoms with Crippen LogP contribution in [0.2, 0.25) is 0 Å². The Hall–Kier alpha value is -1.59. The number of hydrogen-bond acceptors (Lipinski definition) is 4. The van der Waals surface area contributed by atoms with E-state index < -0.39 is 11.5 Å². The van der Waals surface area contributed by atoms with E-state index >= 15 is 0 Å². The lowest BCUT2D eigenvalue weighted by atomic mass is 10.0. The SMILES string of the molecule is Cc1ccc(OCCN2CCC(N)(C(=O)O)C2)cc1. The summed E-state index contributed by atoms with van der Waals surface area (Å²) in [6.45, 7) is 4.36. The van der Waals surface area contributed by atoms with Crippen molar-refractivity contribution in [3.8, 4) is 5.75 Å². The van der Waals surface area contributed by atoms with E-state index in [0.29, 0.717) is 32.7 Å². The van der Waals surface area contributed by atoms with E-state index in [1.165, 1.54) is 5.56 Å².